The van der Waals surface area contributed by atoms with Crippen LogP contribution in [0.5, 0.6) is 0 Å². The Bertz CT molecular complexity index is 1060. The highest BCUT2D eigenvalue weighted by molar-refractivity contribution is 5.89. The minimum Gasteiger partial charge on any atom is -0.463 e. The van der Waals surface area contributed by atoms with Gasteiger partial charge in [0, 0.05) is 6.42 Å². The number of carbonyl (C=O) groups is 2. The van der Waals surface area contributed by atoms with Crippen molar-refractivity contribution in [2.45, 2.75) is 165 Å². The summed E-state index contributed by atoms with van der Waals surface area (Å²) >= 11 is 0. The van der Waals surface area contributed by atoms with Gasteiger partial charge in [0.25, 0.3) is 0 Å². The fourth-order valence-corrected chi connectivity index (χ4v) is 6.16. The minimum atomic E-state index is -1.84. The highest BCUT2D eigenvalue weighted by atomic mass is 16.7. The Labute approximate surface area is 289 Å². The van der Waals surface area contributed by atoms with Crippen molar-refractivity contribution in [3.8, 4) is 0 Å². The van der Waals surface area contributed by atoms with Crippen LogP contribution in [0.4, 0.5) is 0 Å². The lowest BCUT2D eigenvalue weighted by Gasteiger charge is -2.45. The first-order valence-corrected chi connectivity index (χ1v) is 18.1. The molecule has 1 aromatic rings. The molecule has 2 fully saturated rings. The molecule has 280 valence electrons. The maximum atomic E-state index is 12.9. The topological polar surface area (TPSA) is 202 Å². The second-order valence-electron chi connectivity index (χ2n) is 13.1. The summed E-state index contributed by atoms with van der Waals surface area (Å²) in [5.74, 6) is -1.32. The first-order valence-electron chi connectivity index (χ1n) is 18.1. The van der Waals surface area contributed by atoms with Crippen molar-refractivity contribution >= 4 is 11.9 Å². The number of rotatable bonds is 22. The summed E-state index contributed by atoms with van der Waals surface area (Å²) in [5, 5.41) is 62.0. The molecule has 0 saturated carbocycles. The quantitative estimate of drug-likeness (QED) is 0.0763. The van der Waals surface area contributed by atoms with Crippen molar-refractivity contribution in [1.29, 1.82) is 0 Å². The predicted molar refractivity (Wildman–Crippen MR) is 177 cm³/mol. The van der Waals surface area contributed by atoms with Gasteiger partial charge < -0.3 is 54.3 Å². The van der Waals surface area contributed by atoms with E-state index in [0.29, 0.717) is 6.42 Å². The molecule has 13 heteroatoms. The Morgan fingerprint density at radius 3 is 1.80 bits per heavy atom. The van der Waals surface area contributed by atoms with Crippen molar-refractivity contribution in [2.75, 3.05) is 13.2 Å². The standard InChI is InChI=1S/C36H58O13/c1-2-3-4-5-6-7-8-9-10-11-12-13-14-18-21-27(38)45-23-26-33(48-34(43)24-19-16-15-17-20-24)29(40)31(42)36(47-26)49-32-25(22-37)46-35(44)30(41)28(32)39/h15-17,19-20,25-26,28-33,35-37,39-42,44H,2-14,18,21-23H2,1H3/t25-,26-,28-,29-,30-,31-,32-,33-,35-,36+/m1/s1. The second-order valence-corrected chi connectivity index (χ2v) is 13.1. The SMILES string of the molecule is CCCCCCCCCCCCCCCCC(=O)OC[C@H]1O[C@@H](O[C@H]2[C@H](O)[C@@H](O)[C@H](O)O[C@@H]2CO)[C@H](O)[C@@H](O)[C@@H]1OC(=O)c1ccccc1. The molecule has 2 saturated heterocycles. The molecule has 10 atom stereocenters. The van der Waals surface area contributed by atoms with Gasteiger partial charge in [-0.3, -0.25) is 4.79 Å². The zero-order valence-electron chi connectivity index (χ0n) is 28.7. The normalized spacial score (nSPS) is 30.2. The molecule has 0 aliphatic carbocycles. The summed E-state index contributed by atoms with van der Waals surface area (Å²) < 4.78 is 27.5. The van der Waals surface area contributed by atoms with E-state index < -0.39 is 86.6 Å². The first-order chi connectivity index (χ1) is 23.7. The van der Waals surface area contributed by atoms with Crippen LogP contribution in [-0.4, -0.2) is 117 Å². The lowest BCUT2D eigenvalue weighted by atomic mass is 9.96. The van der Waals surface area contributed by atoms with Gasteiger partial charge in [-0.05, 0) is 18.6 Å². The van der Waals surface area contributed by atoms with Crippen molar-refractivity contribution in [3.63, 3.8) is 0 Å². The van der Waals surface area contributed by atoms with Gasteiger partial charge in [0.15, 0.2) is 18.7 Å². The van der Waals surface area contributed by atoms with Crippen LogP contribution in [0, 0.1) is 0 Å². The lowest BCUT2D eigenvalue weighted by Crippen LogP contribution is -2.65. The van der Waals surface area contributed by atoms with Crippen LogP contribution in [0.3, 0.4) is 0 Å². The molecule has 0 bridgehead atoms. The highest BCUT2D eigenvalue weighted by Crippen LogP contribution is 2.30. The zero-order chi connectivity index (χ0) is 35.6. The summed E-state index contributed by atoms with van der Waals surface area (Å²) in [6.45, 7) is 1.05. The van der Waals surface area contributed by atoms with E-state index in [0.717, 1.165) is 19.3 Å². The number of unbranched alkanes of at least 4 members (excludes halogenated alkanes) is 13. The fourth-order valence-electron chi connectivity index (χ4n) is 6.16. The molecular weight excluding hydrogens is 640 g/mol. The molecule has 13 nitrogen and oxygen atoms in total. The van der Waals surface area contributed by atoms with Crippen LogP contribution in [0.2, 0.25) is 0 Å². The molecule has 0 radical (unpaired) electrons. The van der Waals surface area contributed by atoms with Crippen LogP contribution in [0.1, 0.15) is 114 Å². The van der Waals surface area contributed by atoms with Crippen molar-refractivity contribution in [1.82, 2.24) is 0 Å². The molecule has 2 heterocycles. The smallest absolute Gasteiger partial charge is 0.338 e. The highest BCUT2D eigenvalue weighted by Gasteiger charge is 2.52. The molecule has 49 heavy (non-hydrogen) atoms. The molecule has 0 unspecified atom stereocenters. The van der Waals surface area contributed by atoms with Gasteiger partial charge in [-0.1, -0.05) is 109 Å². The molecule has 0 amide bonds. The second kappa shape index (κ2) is 22.6. The molecule has 2 aliphatic rings. The molecule has 0 aromatic heterocycles. The molecule has 3 rings (SSSR count). The van der Waals surface area contributed by atoms with Gasteiger partial charge >= 0.3 is 11.9 Å². The van der Waals surface area contributed by atoms with E-state index in [-0.39, 0.29) is 12.0 Å². The predicted octanol–water partition coefficient (Wildman–Crippen LogP) is 2.89. The van der Waals surface area contributed by atoms with E-state index >= 15 is 0 Å². The minimum absolute atomic E-state index is 0.161. The van der Waals surface area contributed by atoms with E-state index in [1.54, 1.807) is 18.2 Å². The van der Waals surface area contributed by atoms with Gasteiger partial charge in [-0.15, -0.1) is 0 Å². The number of esters is 2. The van der Waals surface area contributed by atoms with Crippen LogP contribution < -0.4 is 0 Å². The van der Waals surface area contributed by atoms with Gasteiger partial charge in [0.2, 0.25) is 0 Å². The number of benzene rings is 1. The Balaban J connectivity index is 1.48. The van der Waals surface area contributed by atoms with Gasteiger partial charge in [0.05, 0.1) is 12.2 Å². The summed E-state index contributed by atoms with van der Waals surface area (Å²) in [5.41, 5.74) is 0.178. The lowest BCUT2D eigenvalue weighted by molar-refractivity contribution is -0.354. The number of aliphatic hydroxyl groups is 6. The Kier molecular flexibility index (Phi) is 19.0. The summed E-state index contributed by atoms with van der Waals surface area (Å²) in [6.07, 6.45) is 0.453. The molecular formula is C36H58O13. The van der Waals surface area contributed by atoms with Gasteiger partial charge in [-0.25, -0.2) is 4.79 Å². The maximum Gasteiger partial charge on any atom is 0.338 e. The average molecular weight is 699 g/mol. The maximum absolute atomic E-state index is 12.9. The van der Waals surface area contributed by atoms with Crippen LogP contribution in [-0.2, 0) is 28.5 Å². The largest absolute Gasteiger partial charge is 0.463 e. The van der Waals surface area contributed by atoms with Crippen molar-refractivity contribution < 1.29 is 63.9 Å². The van der Waals surface area contributed by atoms with E-state index in [4.69, 9.17) is 23.7 Å². The van der Waals surface area contributed by atoms with Crippen LogP contribution in [0.15, 0.2) is 30.3 Å². The van der Waals surface area contributed by atoms with E-state index in [9.17, 15) is 40.2 Å². The Hall–Kier alpha value is -2.20. The number of carbonyl (C=O) groups excluding carboxylic acids is 2. The number of hydrogen-bond donors (Lipinski definition) is 6. The number of aliphatic hydroxyl groups excluding tert-OH is 6. The van der Waals surface area contributed by atoms with Gasteiger partial charge in [-0.2, -0.15) is 0 Å². The van der Waals surface area contributed by atoms with Crippen LogP contribution in [0.25, 0.3) is 0 Å². The Morgan fingerprint density at radius 2 is 1.22 bits per heavy atom. The molecule has 1 aromatic carbocycles. The summed E-state index contributed by atoms with van der Waals surface area (Å²) in [7, 11) is 0. The average Bonchev–Trinajstić information content (AvgIpc) is 3.11. The van der Waals surface area contributed by atoms with E-state index in [1.807, 2.05) is 0 Å². The number of ether oxygens (including phenoxy) is 5. The summed E-state index contributed by atoms with van der Waals surface area (Å²) in [4.78, 5) is 25.5. The van der Waals surface area contributed by atoms with E-state index in [2.05, 4.69) is 6.92 Å². The molecule has 2 aliphatic heterocycles. The Morgan fingerprint density at radius 1 is 0.673 bits per heavy atom. The summed E-state index contributed by atoms with van der Waals surface area (Å²) in [6, 6.07) is 7.97. The third-order valence-corrected chi connectivity index (χ3v) is 9.17. The number of hydrogen-bond acceptors (Lipinski definition) is 13. The van der Waals surface area contributed by atoms with Crippen LogP contribution >= 0.6 is 0 Å². The zero-order valence-corrected chi connectivity index (χ0v) is 28.7. The molecule has 0 spiro atoms. The molecule has 6 N–H and O–H groups in total. The fraction of sp³-hybridized carbons (Fsp3) is 0.778. The van der Waals surface area contributed by atoms with Gasteiger partial charge in [0.1, 0.15) is 49.3 Å². The van der Waals surface area contributed by atoms with Crippen molar-refractivity contribution in [2.24, 2.45) is 0 Å². The third kappa shape index (κ3) is 13.5. The van der Waals surface area contributed by atoms with E-state index in [1.165, 1.54) is 76.3 Å². The van der Waals surface area contributed by atoms with Crippen molar-refractivity contribution in [3.05, 3.63) is 35.9 Å². The third-order valence-electron chi connectivity index (χ3n) is 9.17. The monoisotopic (exact) mass is 698 g/mol. The first kappa shape index (κ1) is 41.2.